The van der Waals surface area contributed by atoms with Crippen molar-refractivity contribution in [3.05, 3.63) is 120 Å². The number of nitrogens with one attached hydrogen (secondary N) is 14. The number of aromatic hydroxyl groups is 1. The van der Waals surface area contributed by atoms with Crippen molar-refractivity contribution < 1.29 is 96.5 Å². The number of thioether (sulfide) groups is 1. The van der Waals surface area contributed by atoms with E-state index in [4.69, 9.17) is 5.73 Å². The zero-order chi connectivity index (χ0) is 98.0. The molecule has 42 heteroatoms. The number of aliphatic hydroxyl groups excluding tert-OH is 1. The average Bonchev–Trinajstić information content (AvgIpc) is 1.82. The number of rotatable bonds is 17. The van der Waals surface area contributed by atoms with E-state index >= 15 is 52.7 Å². The van der Waals surface area contributed by atoms with Gasteiger partial charge in [0.2, 0.25) is 100 Å². The van der Waals surface area contributed by atoms with Gasteiger partial charge in [-0.2, -0.15) is 0 Å². The van der Waals surface area contributed by atoms with Crippen molar-refractivity contribution in [3.8, 4) is 5.75 Å². The van der Waals surface area contributed by atoms with Crippen LogP contribution < -0.4 is 64.2 Å². The van der Waals surface area contributed by atoms with Crippen LogP contribution in [0.1, 0.15) is 165 Å². The van der Waals surface area contributed by atoms with E-state index in [1.165, 1.54) is 79.6 Å². The van der Waals surface area contributed by atoms with Gasteiger partial charge in [-0.15, -0.1) is 11.8 Å². The van der Waals surface area contributed by atoms with Gasteiger partial charge in [-0.05, 0) is 125 Å². The number of aliphatic hydroxyl groups is 1. The number of likely N-dealkylation sites (N-methyl/N-ethyl adjacent to an activating group) is 3. The summed E-state index contributed by atoms with van der Waals surface area (Å²) in [6, 6.07) is 0.454. The number of unbranched alkanes of at least 4 members (excludes halogenated alkanes) is 2. The van der Waals surface area contributed by atoms with Gasteiger partial charge in [0, 0.05) is 144 Å². The average molecular weight is 1900 g/mol. The highest BCUT2D eigenvalue weighted by Gasteiger charge is 2.47. The van der Waals surface area contributed by atoms with E-state index in [9.17, 15) is 43.8 Å². The first kappa shape index (κ1) is 103. The lowest BCUT2D eigenvalue weighted by Gasteiger charge is -2.36. The zero-order valence-corrected chi connectivity index (χ0v) is 78.3. The van der Waals surface area contributed by atoms with Crippen molar-refractivity contribution in [1.82, 2.24) is 103 Å². The summed E-state index contributed by atoms with van der Waals surface area (Å²) in [5.41, 5.74) is 8.74. The quantitative estimate of drug-likeness (QED) is 0.0560. The van der Waals surface area contributed by atoms with Crippen LogP contribution in [0.5, 0.6) is 5.75 Å². The van der Waals surface area contributed by atoms with E-state index in [2.05, 4.69) is 78.4 Å². The van der Waals surface area contributed by atoms with Gasteiger partial charge < -0.3 is 114 Å². The summed E-state index contributed by atoms with van der Waals surface area (Å²) in [7, 11) is 4.03. The number of primary amides is 1. The molecule has 136 heavy (non-hydrogen) atoms. The van der Waals surface area contributed by atoms with Gasteiger partial charge in [0.05, 0.1) is 37.2 Å². The number of nitrogens with two attached hydrogens (primary N) is 1. The first-order valence-electron chi connectivity index (χ1n) is 46.7. The summed E-state index contributed by atoms with van der Waals surface area (Å²) in [6.07, 6.45) is 3.31. The fourth-order valence-electron chi connectivity index (χ4n) is 18.0. The molecule has 5 aliphatic rings. The minimum absolute atomic E-state index is 0.00596. The third-order valence-electron chi connectivity index (χ3n) is 25.9. The largest absolute Gasteiger partial charge is 0.508 e. The molecule has 0 radical (unpaired) electrons. The summed E-state index contributed by atoms with van der Waals surface area (Å²) in [4.78, 5) is 289. The molecule has 4 bridgehead atoms. The normalized spacial score (nSPS) is 26.3. The van der Waals surface area contributed by atoms with Crippen LogP contribution in [0, 0.1) is 5.92 Å². The minimum atomic E-state index is -1.71. The Labute approximate surface area is 791 Å². The molecule has 0 saturated carbocycles. The molecular weight excluding hydrogens is 1780 g/mol. The lowest BCUT2D eigenvalue weighted by Crippen LogP contribution is -2.60. The number of fused-ring (bicyclic) bond motifs is 21. The number of carbonyl (C=O) groups excluding carboxylic acids is 18. The number of carbonyl (C=O) groups is 18. The second kappa shape index (κ2) is 49.3. The minimum Gasteiger partial charge on any atom is -0.508 e. The Bertz CT molecular complexity index is 5300. The Hall–Kier alpha value is -13.3. The molecule has 3 aromatic carbocycles. The highest BCUT2D eigenvalue weighted by Crippen LogP contribution is 2.31. The highest BCUT2D eigenvalue weighted by atomic mass is 32.2. The van der Waals surface area contributed by atoms with Crippen LogP contribution in [0.4, 0.5) is 0 Å². The van der Waals surface area contributed by atoms with Crippen molar-refractivity contribution in [2.75, 3.05) is 65.4 Å². The van der Waals surface area contributed by atoms with Gasteiger partial charge in [0.1, 0.15) is 78.3 Å². The van der Waals surface area contributed by atoms with Crippen LogP contribution in [-0.2, 0) is 112 Å². The summed E-state index contributed by atoms with van der Waals surface area (Å²) in [5, 5.41) is 53.5. The number of benzene rings is 3. The molecule has 5 aliphatic heterocycles. The van der Waals surface area contributed by atoms with Crippen LogP contribution in [0.15, 0.2) is 97.7 Å². The summed E-state index contributed by atoms with van der Waals surface area (Å²) in [6.45, 7) is 3.61. The van der Waals surface area contributed by atoms with Crippen LogP contribution in [0.3, 0.4) is 0 Å². The third kappa shape index (κ3) is 27.7. The SMILES string of the molecule is CCCC[C@H]1C(=O)N(C)[C@@H](CCCC)C(=O)N[C@H]2CCC(=O)NCCCC[C@H](NC(=O)[C@H](Cc3c[nH]c4ccccc34)CC(=O)[C@@H]3C[C@@H](O)CN3C(=O)[C@@H]3CCCCNC(=O)C[C@H](NC(=O)[C@H](C)N(C)C(=O)[C@H](Cc4ccc(O)cc4)NC(=O)CSC[C@@H](C(=O)NCC(N)=O)NC2=O)C(=O)N2CCC[C@H]2C(=O)N[C@@H](Cc2cnc[nH]2)C(=O)N3)C(=O)N[C@@H](Cc2c[nH]c3ccccc23)C(=O)N1C. The van der Waals surface area contributed by atoms with Crippen molar-refractivity contribution in [3.63, 3.8) is 0 Å². The number of imidazole rings is 1. The highest BCUT2D eigenvalue weighted by molar-refractivity contribution is 8.00. The number of aromatic nitrogens is 4. The van der Waals surface area contributed by atoms with E-state index in [0.717, 1.165) is 21.6 Å². The maximum Gasteiger partial charge on any atom is 0.246 e. The van der Waals surface area contributed by atoms with E-state index in [1.807, 2.05) is 44.2 Å². The zero-order valence-electron chi connectivity index (χ0n) is 77.5. The number of phenols is 1. The smallest absolute Gasteiger partial charge is 0.246 e. The number of phenolic OH excluding ortho intramolecular Hbond substituents is 1. The molecule has 734 valence electrons. The lowest BCUT2D eigenvalue weighted by molar-refractivity contribution is -0.149. The number of nitrogens with zero attached hydrogens (tertiary/aromatic N) is 6. The van der Waals surface area contributed by atoms with E-state index in [1.54, 1.807) is 30.6 Å². The number of hydrogen-bond acceptors (Lipinski definition) is 22. The molecule has 8 heterocycles. The Morgan fingerprint density at radius 2 is 1.10 bits per heavy atom. The van der Waals surface area contributed by atoms with Gasteiger partial charge >= 0.3 is 0 Å². The lowest BCUT2D eigenvalue weighted by atomic mass is 9.90. The molecule has 5 saturated heterocycles. The first-order chi connectivity index (χ1) is 65.2. The summed E-state index contributed by atoms with van der Waals surface area (Å²) >= 11 is 0.764. The third-order valence-corrected chi connectivity index (χ3v) is 26.9. The Balaban J connectivity index is 1.01. The fourth-order valence-corrected chi connectivity index (χ4v) is 18.9. The molecule has 41 nitrogen and oxygen atoms in total. The number of aromatic amines is 3. The molecule has 17 amide bonds. The predicted molar refractivity (Wildman–Crippen MR) is 499 cm³/mol. The van der Waals surface area contributed by atoms with Crippen molar-refractivity contribution in [2.45, 2.75) is 253 Å². The van der Waals surface area contributed by atoms with Gasteiger partial charge in [-0.25, -0.2) is 4.98 Å². The van der Waals surface area contributed by atoms with Crippen molar-refractivity contribution in [2.24, 2.45) is 11.7 Å². The van der Waals surface area contributed by atoms with Crippen LogP contribution in [0.25, 0.3) is 21.8 Å². The van der Waals surface area contributed by atoms with Crippen LogP contribution in [-0.4, -0.2) is 311 Å². The Morgan fingerprint density at radius 3 is 1.76 bits per heavy atom. The number of hydrogen-bond donors (Lipinski definition) is 17. The molecule has 0 aliphatic carbocycles. The molecule has 15 atom stereocenters. The van der Waals surface area contributed by atoms with E-state index < -0.39 is 247 Å². The molecule has 6 aromatic rings. The first-order valence-corrected chi connectivity index (χ1v) is 47.9. The summed E-state index contributed by atoms with van der Waals surface area (Å²) < 4.78 is 0. The second-order valence-electron chi connectivity index (χ2n) is 35.8. The Kier molecular flexibility index (Phi) is 37.4. The molecule has 5 fully saturated rings. The van der Waals surface area contributed by atoms with Crippen LogP contribution >= 0.6 is 11.8 Å². The van der Waals surface area contributed by atoms with Crippen molar-refractivity contribution in [1.29, 1.82) is 0 Å². The van der Waals surface area contributed by atoms with Gasteiger partial charge in [-0.3, -0.25) is 86.3 Å². The van der Waals surface area contributed by atoms with E-state index in [-0.39, 0.29) is 122 Å². The van der Waals surface area contributed by atoms with Crippen molar-refractivity contribution >= 4 is 140 Å². The van der Waals surface area contributed by atoms with Crippen LogP contribution in [0.2, 0.25) is 0 Å². The number of para-hydroxylation sites is 2. The van der Waals surface area contributed by atoms with Gasteiger partial charge in [0.15, 0.2) is 5.78 Å². The monoisotopic (exact) mass is 1900 g/mol. The molecule has 3 aromatic heterocycles. The maximum absolute atomic E-state index is 16.0. The molecule has 18 N–H and O–H groups in total. The number of Topliss-reactive ketones (excluding diaryl/α,β-unsaturated/α-hetero) is 1. The number of H-pyrrole nitrogens is 3. The predicted octanol–water partition coefficient (Wildman–Crippen LogP) is -0.245. The maximum atomic E-state index is 16.0. The number of amides is 17. The Morgan fingerprint density at radius 1 is 0.522 bits per heavy atom. The van der Waals surface area contributed by atoms with Gasteiger partial charge in [0.25, 0.3) is 0 Å². The molecular formula is C94H127N21O20S. The fraction of sp³-hybridized carbons (Fsp3) is 0.543. The molecule has 0 spiro atoms. The summed E-state index contributed by atoms with van der Waals surface area (Å²) in [5.74, 6) is -17.9. The molecule has 11 rings (SSSR count). The standard InChI is InChI=1S/C94H127N21O20S/c1-7-9-26-73-88(129)105-66-33-34-79(120)97-35-17-15-24-65(85(126)109-70(40-57-46-100-64-23-14-12-21-62(57)64)91(132)113(6)75(27-10-8-2)94(135)112(73)5)104-83(124)55(39-56-45-99-63-22-13-11-20-61(56)63)41-77(118)76-43-60(117)49-115(76)92(133)67-25-16-18-36-98-80(121)44-71(93(134)114-37-19-28-74(114)89(130)107-68(87(128)106-67)42-58-47-96-52-102-58)108-82(123)53(3)111(4)90(131)69(38-54-29-31-59(116)32-30-54)103-81(122)51-136-50-72(110-86(66)127)84(125)101-48-78(95)119/h11-14,20-23,29-32,45-47,52-53,55,60,65-76,99-100,116-117H,7-10,15-19,24-28,33-44,48-51H2,1-6H3,(H2,95,119)(H,96,102)(H,97,120)(H,98,121)(H,101,125)(H,103,122)(H,104,124)(H,105,129)(H,106,128)(H,107,130)(H,108,123)(H,109,126)(H,110,127)/t53-,55+,60+,65-,66-,67-,68-,69-,70-,71-,72-,73-,74-,75-,76-/m0/s1. The number of ketones is 1. The van der Waals surface area contributed by atoms with Gasteiger partial charge in [-0.1, -0.05) is 88.1 Å². The topological polar surface area (TPSA) is 583 Å². The van der Waals surface area contributed by atoms with E-state index in [0.29, 0.717) is 69.9 Å². The molecule has 0 unspecified atom stereocenters. The second-order valence-corrected chi connectivity index (χ2v) is 36.8.